The molecule has 8 heteroatoms. The first-order valence-corrected chi connectivity index (χ1v) is 6.87. The number of hydrogen-bond donors (Lipinski definition) is 3. The molecule has 1 unspecified atom stereocenters. The van der Waals surface area contributed by atoms with Crippen molar-refractivity contribution in [2.75, 3.05) is 11.1 Å². The van der Waals surface area contributed by atoms with Crippen molar-refractivity contribution in [1.29, 1.82) is 0 Å². The van der Waals surface area contributed by atoms with E-state index < -0.39 is 23.2 Å². The molecule has 1 amide bonds. The molecule has 1 aromatic rings. The smallest absolute Gasteiger partial charge is 0.332 e. The molecule has 0 saturated carbocycles. The third-order valence-electron chi connectivity index (χ3n) is 3.30. The predicted molar refractivity (Wildman–Crippen MR) is 82.1 cm³/mol. The monoisotopic (exact) mass is 297 g/mol. The van der Waals surface area contributed by atoms with Gasteiger partial charge in [0.05, 0.1) is 0 Å². The Labute approximate surface area is 122 Å². The molecule has 0 spiro atoms. The summed E-state index contributed by atoms with van der Waals surface area (Å²) in [6.07, 6.45) is 0.686. The molecule has 0 radical (unpaired) electrons. The average Bonchev–Trinajstić information content (AvgIpc) is 2.40. The van der Waals surface area contributed by atoms with Crippen LogP contribution in [0.4, 0.5) is 11.5 Å². The van der Waals surface area contributed by atoms with Crippen LogP contribution in [-0.4, -0.2) is 21.1 Å². The second kappa shape index (κ2) is 6.47. The molecule has 1 atom stereocenters. The van der Waals surface area contributed by atoms with Gasteiger partial charge in [0, 0.05) is 13.6 Å². The maximum Gasteiger partial charge on any atom is 0.332 e. The standard InChI is InChI=1S/C13H23N5O3/c1-5-6-18-10(14)9(12(20)17(4)13(18)21)16-8(7(2)3)11(15)19/h7-8,16H,5-6,14H2,1-4H3,(H2,15,19). The molecular weight excluding hydrogens is 274 g/mol. The molecule has 5 N–H and O–H groups in total. The number of aromatic nitrogens is 2. The molecule has 118 valence electrons. The first-order valence-electron chi connectivity index (χ1n) is 6.87. The van der Waals surface area contributed by atoms with Gasteiger partial charge in [-0.3, -0.25) is 18.7 Å². The van der Waals surface area contributed by atoms with Crippen LogP contribution >= 0.6 is 0 Å². The summed E-state index contributed by atoms with van der Waals surface area (Å²) in [5, 5.41) is 2.79. The molecular formula is C13H23N5O3. The number of anilines is 2. The average molecular weight is 297 g/mol. The first kappa shape index (κ1) is 16.8. The van der Waals surface area contributed by atoms with E-state index in [9.17, 15) is 14.4 Å². The summed E-state index contributed by atoms with van der Waals surface area (Å²) in [6, 6.07) is -0.743. The van der Waals surface area contributed by atoms with E-state index in [1.807, 2.05) is 6.92 Å². The SMILES string of the molecule is CCCn1c(N)c(NC(C(N)=O)C(C)C)c(=O)n(C)c1=O. The maximum absolute atomic E-state index is 12.2. The van der Waals surface area contributed by atoms with Crippen molar-refractivity contribution in [1.82, 2.24) is 9.13 Å². The number of hydrogen-bond acceptors (Lipinski definition) is 5. The second-order valence-electron chi connectivity index (χ2n) is 5.33. The fourth-order valence-corrected chi connectivity index (χ4v) is 2.08. The van der Waals surface area contributed by atoms with E-state index in [0.29, 0.717) is 13.0 Å². The number of rotatable bonds is 6. The van der Waals surface area contributed by atoms with Crippen molar-refractivity contribution in [3.63, 3.8) is 0 Å². The van der Waals surface area contributed by atoms with Crippen LogP contribution in [-0.2, 0) is 18.4 Å². The van der Waals surface area contributed by atoms with Crippen LogP contribution in [0.1, 0.15) is 27.2 Å². The Kier molecular flexibility index (Phi) is 5.17. The minimum atomic E-state index is -0.743. The van der Waals surface area contributed by atoms with Crippen LogP contribution in [0, 0.1) is 5.92 Å². The summed E-state index contributed by atoms with van der Waals surface area (Å²) in [5.74, 6) is -0.685. The van der Waals surface area contributed by atoms with Gasteiger partial charge in [-0.05, 0) is 12.3 Å². The van der Waals surface area contributed by atoms with Crippen LogP contribution in [0.5, 0.6) is 0 Å². The van der Waals surface area contributed by atoms with Crippen molar-refractivity contribution in [2.24, 2.45) is 18.7 Å². The highest BCUT2D eigenvalue weighted by Crippen LogP contribution is 2.15. The van der Waals surface area contributed by atoms with Crippen LogP contribution in [0.15, 0.2) is 9.59 Å². The van der Waals surface area contributed by atoms with Gasteiger partial charge in [0.25, 0.3) is 5.56 Å². The Morgan fingerprint density at radius 2 is 1.90 bits per heavy atom. The Morgan fingerprint density at radius 1 is 1.33 bits per heavy atom. The summed E-state index contributed by atoms with van der Waals surface area (Å²) in [4.78, 5) is 35.7. The third kappa shape index (κ3) is 3.26. The van der Waals surface area contributed by atoms with Crippen molar-refractivity contribution in [2.45, 2.75) is 39.8 Å². The number of primary amides is 1. The van der Waals surface area contributed by atoms with E-state index in [2.05, 4.69) is 5.32 Å². The zero-order chi connectivity index (χ0) is 16.3. The molecule has 1 aromatic heterocycles. The number of carbonyl (C=O) groups excluding carboxylic acids is 1. The molecule has 0 fully saturated rings. The van der Waals surface area contributed by atoms with E-state index in [4.69, 9.17) is 11.5 Å². The van der Waals surface area contributed by atoms with Crippen LogP contribution in [0.2, 0.25) is 0 Å². The van der Waals surface area contributed by atoms with E-state index in [0.717, 1.165) is 4.57 Å². The molecule has 21 heavy (non-hydrogen) atoms. The van der Waals surface area contributed by atoms with E-state index in [-0.39, 0.29) is 17.4 Å². The predicted octanol–water partition coefficient (Wildman–Crippen LogP) is -0.539. The lowest BCUT2D eigenvalue weighted by atomic mass is 10.0. The molecule has 0 aliphatic heterocycles. The Morgan fingerprint density at radius 3 is 2.33 bits per heavy atom. The highest BCUT2D eigenvalue weighted by molar-refractivity contribution is 5.84. The summed E-state index contributed by atoms with van der Waals surface area (Å²) in [6.45, 7) is 5.87. The summed E-state index contributed by atoms with van der Waals surface area (Å²) in [5.41, 5.74) is 10.2. The largest absolute Gasteiger partial charge is 0.383 e. The normalized spacial score (nSPS) is 12.4. The highest BCUT2D eigenvalue weighted by Gasteiger charge is 2.23. The lowest BCUT2D eigenvalue weighted by Gasteiger charge is -2.22. The molecule has 1 rings (SSSR count). The van der Waals surface area contributed by atoms with Gasteiger partial charge >= 0.3 is 5.69 Å². The third-order valence-corrected chi connectivity index (χ3v) is 3.30. The molecule has 8 nitrogen and oxygen atoms in total. The summed E-state index contributed by atoms with van der Waals surface area (Å²) >= 11 is 0. The highest BCUT2D eigenvalue weighted by atomic mass is 16.2. The topological polar surface area (TPSA) is 125 Å². The minimum Gasteiger partial charge on any atom is -0.383 e. The molecule has 0 saturated heterocycles. The Hall–Kier alpha value is -2.25. The number of nitrogens with one attached hydrogen (secondary N) is 1. The van der Waals surface area contributed by atoms with E-state index in [1.54, 1.807) is 13.8 Å². The fourth-order valence-electron chi connectivity index (χ4n) is 2.08. The van der Waals surface area contributed by atoms with Gasteiger partial charge in [-0.2, -0.15) is 0 Å². The van der Waals surface area contributed by atoms with Crippen molar-refractivity contribution >= 4 is 17.4 Å². The van der Waals surface area contributed by atoms with Crippen LogP contribution < -0.4 is 28.0 Å². The molecule has 0 aromatic carbocycles. The number of amides is 1. The van der Waals surface area contributed by atoms with Gasteiger partial charge in [0.2, 0.25) is 5.91 Å². The number of nitrogen functional groups attached to an aromatic ring is 1. The lowest BCUT2D eigenvalue weighted by Crippen LogP contribution is -2.45. The number of nitrogens with two attached hydrogens (primary N) is 2. The molecule has 0 aliphatic rings. The van der Waals surface area contributed by atoms with Crippen molar-refractivity contribution in [3.8, 4) is 0 Å². The molecule has 0 aliphatic carbocycles. The van der Waals surface area contributed by atoms with Gasteiger partial charge in [-0.1, -0.05) is 20.8 Å². The maximum atomic E-state index is 12.2. The zero-order valence-electron chi connectivity index (χ0n) is 12.8. The minimum absolute atomic E-state index is 0.0249. The van der Waals surface area contributed by atoms with E-state index >= 15 is 0 Å². The quantitative estimate of drug-likeness (QED) is 0.650. The summed E-state index contributed by atoms with van der Waals surface area (Å²) in [7, 11) is 1.37. The second-order valence-corrected chi connectivity index (χ2v) is 5.33. The van der Waals surface area contributed by atoms with Crippen molar-refractivity contribution < 1.29 is 4.79 Å². The molecule has 1 heterocycles. The van der Waals surface area contributed by atoms with Crippen LogP contribution in [0.3, 0.4) is 0 Å². The number of carbonyl (C=O) groups is 1. The fraction of sp³-hybridized carbons (Fsp3) is 0.615. The Bertz CT molecular complexity index is 644. The Balaban J connectivity index is 3.46. The van der Waals surface area contributed by atoms with E-state index in [1.165, 1.54) is 11.6 Å². The molecule has 0 bridgehead atoms. The van der Waals surface area contributed by atoms with Gasteiger partial charge < -0.3 is 16.8 Å². The van der Waals surface area contributed by atoms with Gasteiger partial charge in [-0.25, -0.2) is 4.79 Å². The summed E-state index contributed by atoms with van der Waals surface area (Å²) < 4.78 is 2.27. The van der Waals surface area contributed by atoms with Gasteiger partial charge in [0.1, 0.15) is 17.5 Å². The lowest BCUT2D eigenvalue weighted by molar-refractivity contribution is -0.119. The van der Waals surface area contributed by atoms with Crippen LogP contribution in [0.25, 0.3) is 0 Å². The zero-order valence-corrected chi connectivity index (χ0v) is 12.8. The first-order chi connectivity index (χ1) is 9.72. The van der Waals surface area contributed by atoms with Gasteiger partial charge in [-0.15, -0.1) is 0 Å². The number of nitrogens with zero attached hydrogens (tertiary/aromatic N) is 2. The van der Waals surface area contributed by atoms with Gasteiger partial charge in [0.15, 0.2) is 0 Å². The van der Waals surface area contributed by atoms with Crippen molar-refractivity contribution in [3.05, 3.63) is 20.8 Å².